The molecule has 186 valence electrons. The van der Waals surface area contributed by atoms with Gasteiger partial charge in [0.05, 0.1) is 11.7 Å². The Morgan fingerprint density at radius 3 is 1.97 bits per heavy atom. The van der Waals surface area contributed by atoms with Crippen LogP contribution in [0.1, 0.15) is 56.9 Å². The highest BCUT2D eigenvalue weighted by molar-refractivity contribution is 5.66. The number of rotatable bonds is 5. The van der Waals surface area contributed by atoms with Gasteiger partial charge in [-0.25, -0.2) is 17.6 Å². The van der Waals surface area contributed by atoms with Crippen LogP contribution in [0.2, 0.25) is 0 Å². The molecule has 0 N–H and O–H groups in total. The molecular formula is C25H25F7O2. The molecular weight excluding hydrogens is 465 g/mol. The summed E-state index contributed by atoms with van der Waals surface area (Å²) < 4.78 is 104. The van der Waals surface area contributed by atoms with Crippen molar-refractivity contribution in [2.24, 2.45) is 11.8 Å². The molecule has 2 saturated carbocycles. The van der Waals surface area contributed by atoms with Crippen molar-refractivity contribution in [3.63, 3.8) is 0 Å². The number of alkyl halides is 3. The van der Waals surface area contributed by atoms with E-state index in [0.717, 1.165) is 50.7 Å². The maximum atomic E-state index is 14.9. The molecule has 0 aromatic heterocycles. The first-order valence-corrected chi connectivity index (χ1v) is 11.4. The SMILES string of the molecule is CCOC1CCC2CC(c3cc(F)c(-c4cc(F)c(OC(F)(F)F)c(F)c4)c(F)c3)CCC2C1. The minimum atomic E-state index is -5.32. The van der Waals surface area contributed by atoms with Crippen molar-refractivity contribution in [2.45, 2.75) is 63.8 Å². The van der Waals surface area contributed by atoms with Crippen LogP contribution in [0.5, 0.6) is 5.75 Å². The molecule has 4 atom stereocenters. The molecule has 2 nitrogen and oxygen atoms in total. The largest absolute Gasteiger partial charge is 0.573 e. The van der Waals surface area contributed by atoms with Crippen LogP contribution in [0, 0.1) is 35.1 Å². The van der Waals surface area contributed by atoms with E-state index in [1.165, 1.54) is 0 Å². The minimum absolute atomic E-state index is 0.0426. The molecule has 2 aromatic carbocycles. The van der Waals surface area contributed by atoms with Gasteiger partial charge in [-0.3, -0.25) is 0 Å². The van der Waals surface area contributed by atoms with Gasteiger partial charge in [-0.1, -0.05) is 0 Å². The Morgan fingerprint density at radius 2 is 1.38 bits per heavy atom. The molecule has 9 heteroatoms. The molecule has 4 unspecified atom stereocenters. The molecule has 34 heavy (non-hydrogen) atoms. The summed E-state index contributed by atoms with van der Waals surface area (Å²) in [7, 11) is 0. The number of hydrogen-bond donors (Lipinski definition) is 0. The quantitative estimate of drug-likeness (QED) is 0.397. The number of ether oxygens (including phenoxy) is 2. The number of fused-ring (bicyclic) bond motifs is 1. The number of benzene rings is 2. The van der Waals surface area contributed by atoms with Gasteiger partial charge >= 0.3 is 6.36 Å². The summed E-state index contributed by atoms with van der Waals surface area (Å²) >= 11 is 0. The Kier molecular flexibility index (Phi) is 7.12. The Morgan fingerprint density at radius 1 is 0.794 bits per heavy atom. The first-order chi connectivity index (χ1) is 16.1. The third-order valence-corrected chi connectivity index (χ3v) is 7.01. The second-order valence-electron chi connectivity index (χ2n) is 9.10. The average Bonchev–Trinajstić information content (AvgIpc) is 2.75. The first-order valence-electron chi connectivity index (χ1n) is 11.4. The average molecular weight is 490 g/mol. The zero-order chi connectivity index (χ0) is 24.6. The molecule has 2 aromatic rings. The summed E-state index contributed by atoms with van der Waals surface area (Å²) in [5, 5.41) is 0. The predicted molar refractivity (Wildman–Crippen MR) is 111 cm³/mol. The number of halogens is 7. The van der Waals surface area contributed by atoms with Gasteiger partial charge in [0.1, 0.15) is 11.6 Å². The molecule has 0 bridgehead atoms. The van der Waals surface area contributed by atoms with E-state index >= 15 is 0 Å². The summed E-state index contributed by atoms with van der Waals surface area (Å²) in [5.41, 5.74) is -0.780. The van der Waals surface area contributed by atoms with Crippen LogP contribution in [-0.4, -0.2) is 19.1 Å². The summed E-state index contributed by atoms with van der Waals surface area (Å²) in [4.78, 5) is 0. The summed E-state index contributed by atoms with van der Waals surface area (Å²) in [6.45, 7) is 2.66. The number of hydrogen-bond acceptors (Lipinski definition) is 2. The van der Waals surface area contributed by atoms with Crippen molar-refractivity contribution < 1.29 is 40.2 Å². The topological polar surface area (TPSA) is 18.5 Å². The fraction of sp³-hybridized carbons (Fsp3) is 0.520. The molecule has 0 aliphatic heterocycles. The lowest BCUT2D eigenvalue weighted by Crippen LogP contribution is -2.33. The van der Waals surface area contributed by atoms with Gasteiger partial charge in [-0.2, -0.15) is 0 Å². The Hall–Kier alpha value is -2.29. The molecule has 2 fully saturated rings. The Bertz CT molecular complexity index is 990. The smallest absolute Gasteiger partial charge is 0.399 e. The molecule has 2 aliphatic rings. The van der Waals surface area contributed by atoms with Crippen LogP contribution in [0.15, 0.2) is 24.3 Å². The van der Waals surface area contributed by atoms with E-state index in [-0.39, 0.29) is 12.0 Å². The lowest BCUT2D eigenvalue weighted by atomic mass is 9.65. The fourth-order valence-corrected chi connectivity index (χ4v) is 5.56. The Labute approximate surface area is 193 Å². The third-order valence-electron chi connectivity index (χ3n) is 7.01. The molecule has 4 rings (SSSR count). The van der Waals surface area contributed by atoms with E-state index in [9.17, 15) is 30.7 Å². The molecule has 0 heterocycles. The second-order valence-corrected chi connectivity index (χ2v) is 9.10. The fourth-order valence-electron chi connectivity index (χ4n) is 5.56. The van der Waals surface area contributed by atoms with E-state index in [1.807, 2.05) is 6.92 Å². The van der Waals surface area contributed by atoms with Crippen LogP contribution in [0.4, 0.5) is 30.7 Å². The van der Waals surface area contributed by atoms with Crippen LogP contribution < -0.4 is 4.74 Å². The maximum Gasteiger partial charge on any atom is 0.573 e. The van der Waals surface area contributed by atoms with Gasteiger partial charge in [-0.05, 0) is 98.6 Å². The van der Waals surface area contributed by atoms with Crippen molar-refractivity contribution in [1.82, 2.24) is 0 Å². The molecule has 0 saturated heterocycles. The minimum Gasteiger partial charge on any atom is -0.399 e. The van der Waals surface area contributed by atoms with Crippen molar-refractivity contribution >= 4 is 0 Å². The lowest BCUT2D eigenvalue weighted by molar-refractivity contribution is -0.276. The van der Waals surface area contributed by atoms with E-state index in [4.69, 9.17) is 4.74 Å². The van der Waals surface area contributed by atoms with Crippen molar-refractivity contribution in [3.05, 3.63) is 53.1 Å². The first kappa shape index (κ1) is 24.8. The zero-order valence-electron chi connectivity index (χ0n) is 18.5. The zero-order valence-corrected chi connectivity index (χ0v) is 18.5. The highest BCUT2D eigenvalue weighted by Crippen LogP contribution is 2.47. The maximum absolute atomic E-state index is 14.9. The van der Waals surface area contributed by atoms with Gasteiger partial charge < -0.3 is 9.47 Å². The van der Waals surface area contributed by atoms with Crippen LogP contribution >= 0.6 is 0 Å². The summed E-state index contributed by atoms with van der Waals surface area (Å²) in [5.74, 6) is -6.22. The molecule has 0 radical (unpaired) electrons. The predicted octanol–water partition coefficient (Wildman–Crippen LogP) is 7.90. The highest BCUT2D eigenvalue weighted by Gasteiger charge is 2.37. The van der Waals surface area contributed by atoms with E-state index < -0.39 is 46.5 Å². The normalized spacial score (nSPS) is 25.2. The molecule has 0 amide bonds. The molecule has 2 aliphatic carbocycles. The van der Waals surface area contributed by atoms with Crippen molar-refractivity contribution in [3.8, 4) is 16.9 Å². The second kappa shape index (κ2) is 9.76. The van der Waals surface area contributed by atoms with Crippen molar-refractivity contribution in [1.29, 1.82) is 0 Å². The monoisotopic (exact) mass is 490 g/mol. The van der Waals surface area contributed by atoms with Gasteiger partial charge in [0.2, 0.25) is 5.75 Å². The Balaban J connectivity index is 1.54. The van der Waals surface area contributed by atoms with Gasteiger partial charge in [0.15, 0.2) is 11.6 Å². The van der Waals surface area contributed by atoms with Crippen LogP contribution in [-0.2, 0) is 4.74 Å². The lowest BCUT2D eigenvalue weighted by Gasteiger charge is -2.42. The molecule has 0 spiro atoms. The highest BCUT2D eigenvalue weighted by atomic mass is 19.4. The summed E-state index contributed by atoms with van der Waals surface area (Å²) in [6, 6.07) is 3.16. The summed E-state index contributed by atoms with van der Waals surface area (Å²) in [6.07, 6.45) is 0.417. The third kappa shape index (κ3) is 5.34. The standard InChI is InChI=1S/C25H25F7O2/c1-2-33-18-6-5-13-7-14(3-4-15(13)8-18)16-9-19(26)23(20(27)10-16)17-11-21(28)24(22(29)12-17)34-25(30,31)32/h9-15,18H,2-8H2,1H3. The van der Waals surface area contributed by atoms with Gasteiger partial charge in [0.25, 0.3) is 0 Å². The van der Waals surface area contributed by atoms with E-state index in [1.54, 1.807) is 0 Å². The van der Waals surface area contributed by atoms with E-state index in [0.29, 0.717) is 36.1 Å². The van der Waals surface area contributed by atoms with Crippen molar-refractivity contribution in [2.75, 3.05) is 6.61 Å². The van der Waals surface area contributed by atoms with E-state index in [2.05, 4.69) is 4.74 Å². The van der Waals surface area contributed by atoms with Crippen LogP contribution in [0.25, 0.3) is 11.1 Å². The van der Waals surface area contributed by atoms with Gasteiger partial charge in [0, 0.05) is 6.61 Å². The van der Waals surface area contributed by atoms with Crippen LogP contribution in [0.3, 0.4) is 0 Å². The van der Waals surface area contributed by atoms with Gasteiger partial charge in [-0.15, -0.1) is 13.2 Å².